The van der Waals surface area contributed by atoms with Gasteiger partial charge in [-0.3, -0.25) is 4.79 Å². The third-order valence-electron chi connectivity index (χ3n) is 3.02. The van der Waals surface area contributed by atoms with E-state index < -0.39 is 0 Å². The van der Waals surface area contributed by atoms with Gasteiger partial charge >= 0.3 is 0 Å². The van der Waals surface area contributed by atoms with Gasteiger partial charge in [-0.05, 0) is 30.0 Å². The number of aromatic nitrogens is 1. The summed E-state index contributed by atoms with van der Waals surface area (Å²) < 4.78 is 10.1. The summed E-state index contributed by atoms with van der Waals surface area (Å²) in [6.07, 6.45) is 5.34. The van der Waals surface area contributed by atoms with Gasteiger partial charge in [0.25, 0.3) is 0 Å². The number of nitrogens with zero attached hydrogens (tertiary/aromatic N) is 1. The number of hydrogen-bond acceptors (Lipinski definition) is 5. The maximum Gasteiger partial charge on any atom is 0.216 e. The predicted molar refractivity (Wildman–Crippen MR) is 88.9 cm³/mol. The van der Waals surface area contributed by atoms with Gasteiger partial charge in [-0.15, -0.1) is 11.8 Å². The molecule has 1 heterocycles. The highest BCUT2D eigenvalue weighted by atomic mass is 32.2. The molecule has 22 heavy (non-hydrogen) atoms. The molecule has 0 saturated heterocycles. The second-order valence-electron chi connectivity index (χ2n) is 4.41. The second-order valence-corrected chi connectivity index (χ2v) is 5.29. The lowest BCUT2D eigenvalue weighted by molar-refractivity contribution is 0.104. The standard InChI is InChI=1S/C17H17NO3S/c1-20-16-10-13(11-17(18-16)21-2)15(19)9-6-12-4-7-14(22-3)8-5-12/h4-11H,1-3H3/b9-6+. The molecule has 0 amide bonds. The van der Waals surface area contributed by atoms with Gasteiger partial charge in [0.15, 0.2) is 5.78 Å². The molecule has 0 aliphatic heterocycles. The zero-order chi connectivity index (χ0) is 15.9. The smallest absolute Gasteiger partial charge is 0.216 e. The van der Waals surface area contributed by atoms with Crippen molar-refractivity contribution in [1.29, 1.82) is 0 Å². The zero-order valence-electron chi connectivity index (χ0n) is 12.7. The summed E-state index contributed by atoms with van der Waals surface area (Å²) in [6.45, 7) is 0. The third-order valence-corrected chi connectivity index (χ3v) is 3.77. The van der Waals surface area contributed by atoms with Gasteiger partial charge < -0.3 is 9.47 Å². The minimum atomic E-state index is -0.132. The lowest BCUT2D eigenvalue weighted by Gasteiger charge is -2.05. The first kappa shape index (κ1) is 16.1. The molecule has 0 bridgehead atoms. The molecule has 0 atom stereocenters. The summed E-state index contributed by atoms with van der Waals surface area (Å²) >= 11 is 1.68. The lowest BCUT2D eigenvalue weighted by Crippen LogP contribution is -1.99. The predicted octanol–water partition coefficient (Wildman–Crippen LogP) is 3.72. The largest absolute Gasteiger partial charge is 0.481 e. The van der Waals surface area contributed by atoms with E-state index in [9.17, 15) is 4.79 Å². The topological polar surface area (TPSA) is 48.4 Å². The average Bonchev–Trinajstić information content (AvgIpc) is 2.59. The number of rotatable bonds is 6. The average molecular weight is 315 g/mol. The maximum absolute atomic E-state index is 12.2. The number of ketones is 1. The second kappa shape index (κ2) is 7.66. The zero-order valence-corrected chi connectivity index (χ0v) is 13.5. The number of benzene rings is 1. The van der Waals surface area contributed by atoms with Gasteiger partial charge in [-0.25, -0.2) is 0 Å². The van der Waals surface area contributed by atoms with Crippen molar-refractivity contribution in [2.45, 2.75) is 4.90 Å². The van der Waals surface area contributed by atoms with E-state index >= 15 is 0 Å². The van der Waals surface area contributed by atoms with Crippen molar-refractivity contribution in [2.75, 3.05) is 20.5 Å². The number of carbonyl (C=O) groups excluding carboxylic acids is 1. The number of carbonyl (C=O) groups is 1. The summed E-state index contributed by atoms with van der Waals surface area (Å²) in [6, 6.07) is 11.2. The molecule has 1 aromatic heterocycles. The van der Waals surface area contributed by atoms with E-state index in [1.807, 2.05) is 30.5 Å². The Morgan fingerprint density at radius 2 is 1.68 bits per heavy atom. The van der Waals surface area contributed by atoms with Crippen LogP contribution in [-0.4, -0.2) is 31.2 Å². The Balaban J connectivity index is 2.18. The Morgan fingerprint density at radius 3 is 2.18 bits per heavy atom. The summed E-state index contributed by atoms with van der Waals surface area (Å²) in [5.41, 5.74) is 1.44. The van der Waals surface area contributed by atoms with Crippen LogP contribution in [0.5, 0.6) is 11.8 Å². The first-order chi connectivity index (χ1) is 10.7. The minimum absolute atomic E-state index is 0.132. The lowest BCUT2D eigenvalue weighted by atomic mass is 10.1. The minimum Gasteiger partial charge on any atom is -0.481 e. The van der Waals surface area contributed by atoms with Crippen LogP contribution in [0.15, 0.2) is 47.4 Å². The van der Waals surface area contributed by atoms with Gasteiger partial charge in [-0.2, -0.15) is 4.98 Å². The Morgan fingerprint density at radius 1 is 1.09 bits per heavy atom. The molecule has 0 spiro atoms. The van der Waals surface area contributed by atoms with E-state index in [1.54, 1.807) is 30.0 Å². The van der Waals surface area contributed by atoms with Crippen molar-refractivity contribution >= 4 is 23.6 Å². The fraction of sp³-hybridized carbons (Fsp3) is 0.176. The van der Waals surface area contributed by atoms with Crippen molar-refractivity contribution in [3.8, 4) is 11.8 Å². The third kappa shape index (κ3) is 4.11. The molecule has 0 aliphatic rings. The van der Waals surface area contributed by atoms with Crippen LogP contribution in [0.2, 0.25) is 0 Å². The molecule has 4 nitrogen and oxygen atoms in total. The summed E-state index contributed by atoms with van der Waals surface area (Å²) in [4.78, 5) is 17.5. The van der Waals surface area contributed by atoms with Gasteiger partial charge in [0, 0.05) is 22.6 Å². The molecular weight excluding hydrogens is 298 g/mol. The number of ether oxygens (including phenoxy) is 2. The monoisotopic (exact) mass is 315 g/mol. The number of hydrogen-bond donors (Lipinski definition) is 0. The van der Waals surface area contributed by atoms with Crippen molar-refractivity contribution in [1.82, 2.24) is 4.98 Å². The molecular formula is C17H17NO3S. The molecule has 5 heteroatoms. The highest BCUT2D eigenvalue weighted by Crippen LogP contribution is 2.19. The molecule has 0 radical (unpaired) electrons. The van der Waals surface area contributed by atoms with Crippen LogP contribution in [0.1, 0.15) is 15.9 Å². The first-order valence-electron chi connectivity index (χ1n) is 6.63. The summed E-state index contributed by atoms with van der Waals surface area (Å²) in [7, 11) is 3.00. The Kier molecular flexibility index (Phi) is 5.61. The van der Waals surface area contributed by atoms with E-state index in [4.69, 9.17) is 9.47 Å². The molecule has 0 aliphatic carbocycles. The first-order valence-corrected chi connectivity index (χ1v) is 7.85. The number of thioether (sulfide) groups is 1. The molecule has 114 valence electrons. The SMILES string of the molecule is COc1cc(C(=O)/C=C/c2ccc(SC)cc2)cc(OC)n1. The molecule has 0 N–H and O–H groups in total. The quantitative estimate of drug-likeness (QED) is 0.462. The summed E-state index contributed by atoms with van der Waals surface area (Å²) in [5, 5.41) is 0. The van der Waals surface area contributed by atoms with Crippen LogP contribution < -0.4 is 9.47 Å². The Bertz CT molecular complexity index is 659. The number of allylic oxidation sites excluding steroid dienone is 1. The molecule has 0 unspecified atom stereocenters. The van der Waals surface area contributed by atoms with Gasteiger partial charge in [0.1, 0.15) is 0 Å². The van der Waals surface area contributed by atoms with E-state index in [0.717, 1.165) is 5.56 Å². The molecule has 0 fully saturated rings. The van der Waals surface area contributed by atoms with E-state index in [-0.39, 0.29) is 5.78 Å². The van der Waals surface area contributed by atoms with Gasteiger partial charge in [-0.1, -0.05) is 18.2 Å². The Hall–Kier alpha value is -2.27. The van der Waals surface area contributed by atoms with Crippen LogP contribution in [0, 0.1) is 0 Å². The van der Waals surface area contributed by atoms with Crippen LogP contribution in [0.3, 0.4) is 0 Å². The highest BCUT2D eigenvalue weighted by molar-refractivity contribution is 7.98. The number of pyridine rings is 1. The Labute approximate surface area is 134 Å². The molecule has 1 aromatic carbocycles. The van der Waals surface area contributed by atoms with Gasteiger partial charge in [0.2, 0.25) is 11.8 Å². The van der Waals surface area contributed by atoms with Crippen LogP contribution >= 0.6 is 11.8 Å². The summed E-state index contributed by atoms with van der Waals surface area (Å²) in [5.74, 6) is 0.564. The van der Waals surface area contributed by atoms with E-state index in [1.165, 1.54) is 25.2 Å². The van der Waals surface area contributed by atoms with Crippen molar-refractivity contribution < 1.29 is 14.3 Å². The fourth-order valence-corrected chi connectivity index (χ4v) is 2.22. The molecule has 2 rings (SSSR count). The van der Waals surface area contributed by atoms with Crippen LogP contribution in [0.25, 0.3) is 6.08 Å². The normalized spacial score (nSPS) is 10.7. The van der Waals surface area contributed by atoms with Crippen molar-refractivity contribution in [3.63, 3.8) is 0 Å². The highest BCUT2D eigenvalue weighted by Gasteiger charge is 2.08. The van der Waals surface area contributed by atoms with Crippen LogP contribution in [-0.2, 0) is 0 Å². The van der Waals surface area contributed by atoms with Crippen molar-refractivity contribution in [3.05, 3.63) is 53.6 Å². The maximum atomic E-state index is 12.2. The van der Waals surface area contributed by atoms with Gasteiger partial charge in [0.05, 0.1) is 14.2 Å². The van der Waals surface area contributed by atoms with Crippen molar-refractivity contribution in [2.24, 2.45) is 0 Å². The van der Waals surface area contributed by atoms with E-state index in [0.29, 0.717) is 17.3 Å². The molecule has 2 aromatic rings. The fourth-order valence-electron chi connectivity index (χ4n) is 1.82. The van der Waals surface area contributed by atoms with E-state index in [2.05, 4.69) is 4.98 Å². The number of methoxy groups -OCH3 is 2. The van der Waals surface area contributed by atoms with Crippen LogP contribution in [0.4, 0.5) is 0 Å². The molecule has 0 saturated carbocycles.